The summed E-state index contributed by atoms with van der Waals surface area (Å²) < 4.78 is 5.51. The quantitative estimate of drug-likeness (QED) is 0.616. The van der Waals surface area contributed by atoms with Crippen molar-refractivity contribution in [3.8, 4) is 0 Å². The zero-order valence-corrected chi connectivity index (χ0v) is 21.3. The average Bonchev–Trinajstić information content (AvgIpc) is 3.37. The standard InChI is InChI=1S/C26H39N5O4/c1-5-10-29-11-13-30(14-12-29)18-8-6-17(7-9-18)24(33)28-23(26(2,3)4)25(34)31-15-19(27)22-21(31)20(32)16-35-22/h6-9,19,21-23H,5,10-16,27H2,1-4H3,(H,28,33)/t19-,21-,22-,23-/m1/s1. The van der Waals surface area contributed by atoms with Gasteiger partial charge < -0.3 is 25.6 Å². The molecule has 1 aromatic rings. The van der Waals surface area contributed by atoms with Crippen molar-refractivity contribution in [1.29, 1.82) is 0 Å². The first-order valence-corrected chi connectivity index (χ1v) is 12.7. The molecular formula is C26H39N5O4. The number of ether oxygens (including phenoxy) is 1. The summed E-state index contributed by atoms with van der Waals surface area (Å²) in [4.78, 5) is 45.4. The zero-order valence-electron chi connectivity index (χ0n) is 21.3. The van der Waals surface area contributed by atoms with Gasteiger partial charge in [-0.25, -0.2) is 0 Å². The Labute approximate surface area is 207 Å². The van der Waals surface area contributed by atoms with Crippen LogP contribution >= 0.6 is 0 Å². The van der Waals surface area contributed by atoms with E-state index >= 15 is 0 Å². The van der Waals surface area contributed by atoms with Crippen molar-refractivity contribution >= 4 is 23.3 Å². The van der Waals surface area contributed by atoms with E-state index in [9.17, 15) is 14.4 Å². The summed E-state index contributed by atoms with van der Waals surface area (Å²) >= 11 is 0. The number of Topliss-reactive ketones (excluding diaryl/α,β-unsaturated/α-hetero) is 1. The van der Waals surface area contributed by atoms with Crippen molar-refractivity contribution in [2.24, 2.45) is 11.1 Å². The second-order valence-corrected chi connectivity index (χ2v) is 11.0. The highest BCUT2D eigenvalue weighted by molar-refractivity contribution is 5.99. The van der Waals surface area contributed by atoms with Gasteiger partial charge in [0.1, 0.15) is 24.8 Å². The van der Waals surface area contributed by atoms with Crippen LogP contribution in [-0.4, -0.2) is 97.5 Å². The van der Waals surface area contributed by atoms with Gasteiger partial charge in [-0.2, -0.15) is 0 Å². The molecule has 35 heavy (non-hydrogen) atoms. The van der Waals surface area contributed by atoms with Crippen molar-refractivity contribution in [3.05, 3.63) is 29.8 Å². The third-order valence-corrected chi connectivity index (χ3v) is 7.30. The van der Waals surface area contributed by atoms with Crippen LogP contribution in [0.1, 0.15) is 44.5 Å². The minimum Gasteiger partial charge on any atom is -0.369 e. The summed E-state index contributed by atoms with van der Waals surface area (Å²) in [6.45, 7) is 13.3. The van der Waals surface area contributed by atoms with Crippen LogP contribution in [0.2, 0.25) is 0 Å². The summed E-state index contributed by atoms with van der Waals surface area (Å²) in [5, 5.41) is 2.93. The molecule has 9 nitrogen and oxygen atoms in total. The molecule has 3 saturated heterocycles. The second-order valence-electron chi connectivity index (χ2n) is 11.0. The highest BCUT2D eigenvalue weighted by Gasteiger charge is 2.53. The lowest BCUT2D eigenvalue weighted by atomic mass is 9.85. The summed E-state index contributed by atoms with van der Waals surface area (Å²) in [5.41, 5.74) is 7.18. The number of nitrogens with two attached hydrogens (primary N) is 1. The number of fused-ring (bicyclic) bond motifs is 1. The summed E-state index contributed by atoms with van der Waals surface area (Å²) in [7, 11) is 0. The Morgan fingerprint density at radius 3 is 2.40 bits per heavy atom. The molecule has 192 valence electrons. The maximum absolute atomic E-state index is 13.6. The van der Waals surface area contributed by atoms with Gasteiger partial charge in [-0.15, -0.1) is 0 Å². The fourth-order valence-corrected chi connectivity index (χ4v) is 5.32. The molecule has 0 spiro atoms. The van der Waals surface area contributed by atoms with Gasteiger partial charge in [-0.05, 0) is 42.6 Å². The van der Waals surface area contributed by atoms with Crippen LogP contribution in [0.25, 0.3) is 0 Å². The molecule has 0 aromatic heterocycles. The number of amides is 2. The Morgan fingerprint density at radius 1 is 1.14 bits per heavy atom. The highest BCUT2D eigenvalue weighted by atomic mass is 16.5. The number of piperazine rings is 1. The van der Waals surface area contributed by atoms with Crippen LogP contribution < -0.4 is 16.0 Å². The molecule has 3 aliphatic heterocycles. The number of carbonyl (C=O) groups is 3. The number of hydrogen-bond donors (Lipinski definition) is 2. The number of ketones is 1. The molecule has 1 aromatic carbocycles. The van der Waals surface area contributed by atoms with Crippen LogP contribution in [0.3, 0.4) is 0 Å². The molecule has 4 rings (SSSR count). The number of nitrogens with one attached hydrogen (secondary N) is 1. The fraction of sp³-hybridized carbons (Fsp3) is 0.654. The Bertz CT molecular complexity index is 936. The van der Waals surface area contributed by atoms with Gasteiger partial charge in [0, 0.05) is 44.0 Å². The predicted octanol–water partition coefficient (Wildman–Crippen LogP) is 0.869. The Balaban J connectivity index is 1.43. The number of hydrogen-bond acceptors (Lipinski definition) is 7. The Morgan fingerprint density at radius 2 is 1.80 bits per heavy atom. The lowest BCUT2D eigenvalue weighted by molar-refractivity contribution is -0.140. The van der Waals surface area contributed by atoms with Gasteiger partial charge >= 0.3 is 0 Å². The number of likely N-dealkylation sites (tertiary alicyclic amines) is 1. The molecule has 0 radical (unpaired) electrons. The molecule has 0 aliphatic carbocycles. The molecule has 3 heterocycles. The molecule has 3 fully saturated rings. The van der Waals surface area contributed by atoms with Crippen molar-refractivity contribution in [1.82, 2.24) is 15.1 Å². The van der Waals surface area contributed by atoms with Crippen molar-refractivity contribution in [2.75, 3.05) is 50.8 Å². The van der Waals surface area contributed by atoms with Gasteiger partial charge in [0.25, 0.3) is 5.91 Å². The van der Waals surface area contributed by atoms with E-state index in [4.69, 9.17) is 10.5 Å². The number of anilines is 1. The van der Waals surface area contributed by atoms with E-state index in [0.717, 1.165) is 44.8 Å². The Hall–Kier alpha value is -2.49. The van der Waals surface area contributed by atoms with E-state index in [0.29, 0.717) is 5.56 Å². The van der Waals surface area contributed by atoms with Crippen LogP contribution in [0, 0.1) is 5.41 Å². The van der Waals surface area contributed by atoms with E-state index in [1.165, 1.54) is 4.90 Å². The van der Waals surface area contributed by atoms with Gasteiger partial charge in [0.15, 0.2) is 5.78 Å². The van der Waals surface area contributed by atoms with Crippen LogP contribution in [0.4, 0.5) is 5.69 Å². The maximum Gasteiger partial charge on any atom is 0.251 e. The zero-order chi connectivity index (χ0) is 25.3. The van der Waals surface area contributed by atoms with Crippen LogP contribution in [0.5, 0.6) is 0 Å². The molecule has 3 N–H and O–H groups in total. The third kappa shape index (κ3) is 5.37. The van der Waals surface area contributed by atoms with Crippen LogP contribution in [-0.2, 0) is 14.3 Å². The fourth-order valence-electron chi connectivity index (χ4n) is 5.32. The normalized spacial score (nSPS) is 26.1. The molecule has 0 unspecified atom stereocenters. The van der Waals surface area contributed by atoms with Crippen molar-refractivity contribution in [2.45, 2.75) is 58.3 Å². The molecule has 2 amide bonds. The first-order chi connectivity index (χ1) is 16.6. The maximum atomic E-state index is 13.6. The van der Waals surface area contributed by atoms with E-state index in [-0.39, 0.29) is 30.7 Å². The molecule has 0 bridgehead atoms. The summed E-state index contributed by atoms with van der Waals surface area (Å²) in [6.07, 6.45) is 0.691. The SMILES string of the molecule is CCCN1CCN(c2ccc(C(=O)N[C@H](C(=O)N3C[C@@H](N)[C@H]4OCC(=O)[C@H]43)C(C)(C)C)cc2)CC1. The van der Waals surface area contributed by atoms with Crippen molar-refractivity contribution < 1.29 is 19.1 Å². The largest absolute Gasteiger partial charge is 0.369 e. The second kappa shape index (κ2) is 10.2. The lowest BCUT2D eigenvalue weighted by Gasteiger charge is -2.36. The number of carbonyl (C=O) groups excluding carboxylic acids is 3. The molecule has 3 aliphatic rings. The Kier molecular flexibility index (Phi) is 7.49. The minimum absolute atomic E-state index is 0.0284. The van der Waals surface area contributed by atoms with Gasteiger partial charge in [-0.1, -0.05) is 27.7 Å². The third-order valence-electron chi connectivity index (χ3n) is 7.30. The lowest BCUT2D eigenvalue weighted by Crippen LogP contribution is -2.57. The molecule has 0 saturated carbocycles. The van der Waals surface area contributed by atoms with Crippen LogP contribution in [0.15, 0.2) is 24.3 Å². The highest BCUT2D eigenvalue weighted by Crippen LogP contribution is 2.30. The van der Waals surface area contributed by atoms with E-state index in [1.54, 1.807) is 0 Å². The predicted molar refractivity (Wildman–Crippen MR) is 134 cm³/mol. The average molecular weight is 486 g/mol. The first-order valence-electron chi connectivity index (χ1n) is 12.7. The summed E-state index contributed by atoms with van der Waals surface area (Å²) in [5.74, 6) is -0.748. The first kappa shape index (κ1) is 25.6. The number of nitrogens with zero attached hydrogens (tertiary/aromatic N) is 3. The van der Waals surface area contributed by atoms with Gasteiger partial charge in [0.05, 0.1) is 6.04 Å². The number of benzene rings is 1. The minimum atomic E-state index is -0.805. The van der Waals surface area contributed by atoms with E-state index in [1.807, 2.05) is 45.0 Å². The molecule has 4 atom stereocenters. The number of rotatable bonds is 6. The van der Waals surface area contributed by atoms with Crippen molar-refractivity contribution in [3.63, 3.8) is 0 Å². The molecule has 9 heteroatoms. The topological polar surface area (TPSA) is 108 Å². The smallest absolute Gasteiger partial charge is 0.251 e. The van der Waals surface area contributed by atoms with E-state index in [2.05, 4.69) is 22.0 Å². The summed E-state index contributed by atoms with van der Waals surface area (Å²) in [6, 6.07) is 5.67. The van der Waals surface area contributed by atoms with Gasteiger partial charge in [0.2, 0.25) is 5.91 Å². The monoisotopic (exact) mass is 485 g/mol. The van der Waals surface area contributed by atoms with E-state index < -0.39 is 29.6 Å². The molecular weight excluding hydrogens is 446 g/mol. The van der Waals surface area contributed by atoms with Gasteiger partial charge in [-0.3, -0.25) is 19.3 Å².